The van der Waals surface area contributed by atoms with Gasteiger partial charge in [0.2, 0.25) is 5.89 Å². The Morgan fingerprint density at radius 3 is 2.83 bits per heavy atom. The summed E-state index contributed by atoms with van der Waals surface area (Å²) in [5.74, 6) is 2.32. The van der Waals surface area contributed by atoms with Crippen LogP contribution in [0.1, 0.15) is 57.7 Å². The zero-order valence-corrected chi connectivity index (χ0v) is 11.6. The largest absolute Gasteiger partial charge is 0.339 e. The van der Waals surface area contributed by atoms with E-state index < -0.39 is 0 Å². The van der Waals surface area contributed by atoms with Crippen LogP contribution < -0.4 is 5.32 Å². The molecule has 0 bridgehead atoms. The maximum atomic E-state index is 5.32. The Bertz CT molecular complexity index is 351. The molecule has 2 atom stereocenters. The smallest absolute Gasteiger partial charge is 0.226 e. The third kappa shape index (κ3) is 3.55. The summed E-state index contributed by atoms with van der Waals surface area (Å²) >= 11 is 0. The molecule has 1 saturated carbocycles. The number of aromatic nitrogens is 2. The van der Waals surface area contributed by atoms with E-state index >= 15 is 0 Å². The summed E-state index contributed by atoms with van der Waals surface area (Å²) < 4.78 is 5.32. The van der Waals surface area contributed by atoms with Crippen molar-refractivity contribution in [3.05, 3.63) is 11.7 Å². The standard InChI is InChI=1S/C14H25N3O/c1-3-9-15-12-8-6-5-7-11(12)10-14-16-13(4-2)17-18-14/h11-12,15H,3-10H2,1-2H3. The number of nitrogens with zero attached hydrogens (tertiary/aromatic N) is 2. The van der Waals surface area contributed by atoms with Gasteiger partial charge in [-0.15, -0.1) is 0 Å². The highest BCUT2D eigenvalue weighted by atomic mass is 16.5. The summed E-state index contributed by atoms with van der Waals surface area (Å²) in [6.07, 6.45) is 8.25. The van der Waals surface area contributed by atoms with Crippen molar-refractivity contribution in [1.29, 1.82) is 0 Å². The Morgan fingerprint density at radius 2 is 2.11 bits per heavy atom. The zero-order chi connectivity index (χ0) is 12.8. The van der Waals surface area contributed by atoms with E-state index in [1.165, 1.54) is 32.1 Å². The van der Waals surface area contributed by atoms with Crippen molar-refractivity contribution in [3.63, 3.8) is 0 Å². The Balaban J connectivity index is 1.91. The molecule has 0 aliphatic heterocycles. The molecule has 102 valence electrons. The van der Waals surface area contributed by atoms with E-state index in [0.717, 1.165) is 31.1 Å². The molecule has 0 spiro atoms. The van der Waals surface area contributed by atoms with Gasteiger partial charge in [0.25, 0.3) is 0 Å². The molecule has 0 saturated heterocycles. The predicted octanol–water partition coefficient (Wildman–Crippen LogP) is 2.73. The van der Waals surface area contributed by atoms with Crippen LogP contribution in [-0.4, -0.2) is 22.7 Å². The number of nitrogens with one attached hydrogen (secondary N) is 1. The molecule has 1 aromatic rings. The molecule has 18 heavy (non-hydrogen) atoms. The average Bonchev–Trinajstić information content (AvgIpc) is 2.85. The Morgan fingerprint density at radius 1 is 1.28 bits per heavy atom. The topological polar surface area (TPSA) is 51.0 Å². The van der Waals surface area contributed by atoms with Gasteiger partial charge < -0.3 is 9.84 Å². The van der Waals surface area contributed by atoms with E-state index in [1.54, 1.807) is 0 Å². The molecule has 2 rings (SSSR count). The lowest BCUT2D eigenvalue weighted by atomic mass is 9.82. The quantitative estimate of drug-likeness (QED) is 0.844. The third-order valence-corrected chi connectivity index (χ3v) is 3.83. The minimum absolute atomic E-state index is 0.635. The Kier molecular flexibility index (Phi) is 5.17. The van der Waals surface area contributed by atoms with Crippen molar-refractivity contribution in [1.82, 2.24) is 15.5 Å². The Labute approximate surface area is 110 Å². The summed E-state index contributed by atoms with van der Waals surface area (Å²) in [6.45, 7) is 5.39. The molecule has 1 fully saturated rings. The van der Waals surface area contributed by atoms with Gasteiger partial charge in [-0.05, 0) is 31.7 Å². The Hall–Kier alpha value is -0.900. The lowest BCUT2D eigenvalue weighted by Crippen LogP contribution is -2.39. The first-order chi connectivity index (χ1) is 8.83. The van der Waals surface area contributed by atoms with Gasteiger partial charge in [0.1, 0.15) is 0 Å². The number of hydrogen-bond acceptors (Lipinski definition) is 4. The molecule has 0 amide bonds. The normalized spacial score (nSPS) is 24.3. The summed E-state index contributed by atoms with van der Waals surface area (Å²) in [4.78, 5) is 4.43. The maximum Gasteiger partial charge on any atom is 0.226 e. The highest BCUT2D eigenvalue weighted by Crippen LogP contribution is 2.27. The first-order valence-electron chi connectivity index (χ1n) is 7.38. The number of hydrogen-bond donors (Lipinski definition) is 1. The SMILES string of the molecule is CCCNC1CCCCC1Cc1nc(CC)no1. The molecule has 0 aromatic carbocycles. The van der Waals surface area contributed by atoms with E-state index in [4.69, 9.17) is 4.52 Å². The monoisotopic (exact) mass is 251 g/mol. The van der Waals surface area contributed by atoms with Gasteiger partial charge >= 0.3 is 0 Å². The summed E-state index contributed by atoms with van der Waals surface area (Å²) in [6, 6.07) is 0.635. The summed E-state index contributed by atoms with van der Waals surface area (Å²) in [5, 5.41) is 7.65. The molecule has 1 aliphatic carbocycles. The van der Waals surface area contributed by atoms with Crippen LogP contribution in [0.4, 0.5) is 0 Å². The van der Waals surface area contributed by atoms with Crippen LogP contribution in [0.15, 0.2) is 4.52 Å². The molecule has 1 heterocycles. The summed E-state index contributed by atoms with van der Waals surface area (Å²) in [7, 11) is 0. The fourth-order valence-corrected chi connectivity index (χ4v) is 2.79. The number of aryl methyl sites for hydroxylation is 1. The minimum Gasteiger partial charge on any atom is -0.339 e. The van der Waals surface area contributed by atoms with E-state index in [9.17, 15) is 0 Å². The third-order valence-electron chi connectivity index (χ3n) is 3.83. The lowest BCUT2D eigenvalue weighted by Gasteiger charge is -2.31. The van der Waals surface area contributed by atoms with Gasteiger partial charge in [-0.3, -0.25) is 0 Å². The predicted molar refractivity (Wildman–Crippen MR) is 71.4 cm³/mol. The molecule has 0 radical (unpaired) electrons. The molecule has 4 heteroatoms. The van der Waals surface area contributed by atoms with Crippen molar-refractivity contribution in [2.45, 2.75) is 64.8 Å². The van der Waals surface area contributed by atoms with E-state index in [2.05, 4.69) is 29.3 Å². The van der Waals surface area contributed by atoms with Gasteiger partial charge in [0.05, 0.1) is 0 Å². The van der Waals surface area contributed by atoms with Crippen LogP contribution in [0.5, 0.6) is 0 Å². The average molecular weight is 251 g/mol. The molecule has 1 N–H and O–H groups in total. The first-order valence-corrected chi connectivity index (χ1v) is 7.38. The zero-order valence-electron chi connectivity index (χ0n) is 11.6. The fourth-order valence-electron chi connectivity index (χ4n) is 2.79. The van der Waals surface area contributed by atoms with Crippen LogP contribution in [0.3, 0.4) is 0 Å². The van der Waals surface area contributed by atoms with Crippen molar-refractivity contribution in [2.24, 2.45) is 5.92 Å². The van der Waals surface area contributed by atoms with Crippen molar-refractivity contribution < 1.29 is 4.52 Å². The van der Waals surface area contributed by atoms with Crippen molar-refractivity contribution >= 4 is 0 Å². The second kappa shape index (κ2) is 6.88. The van der Waals surface area contributed by atoms with E-state index in [0.29, 0.717) is 12.0 Å². The van der Waals surface area contributed by atoms with Crippen LogP contribution in [0.2, 0.25) is 0 Å². The molecular formula is C14H25N3O. The van der Waals surface area contributed by atoms with E-state index in [-0.39, 0.29) is 0 Å². The first kappa shape index (κ1) is 13.5. The second-order valence-electron chi connectivity index (χ2n) is 5.27. The van der Waals surface area contributed by atoms with Gasteiger partial charge in [0.15, 0.2) is 5.82 Å². The number of rotatable bonds is 6. The summed E-state index contributed by atoms with van der Waals surface area (Å²) in [5.41, 5.74) is 0. The van der Waals surface area contributed by atoms with Crippen LogP contribution in [-0.2, 0) is 12.8 Å². The van der Waals surface area contributed by atoms with Crippen LogP contribution in [0.25, 0.3) is 0 Å². The molecular weight excluding hydrogens is 226 g/mol. The highest BCUT2D eigenvalue weighted by Gasteiger charge is 2.26. The van der Waals surface area contributed by atoms with Gasteiger partial charge in [-0.1, -0.05) is 31.8 Å². The fraction of sp³-hybridized carbons (Fsp3) is 0.857. The minimum atomic E-state index is 0.635. The van der Waals surface area contributed by atoms with Gasteiger partial charge in [-0.2, -0.15) is 4.98 Å². The molecule has 1 aromatic heterocycles. The maximum absolute atomic E-state index is 5.32. The van der Waals surface area contributed by atoms with E-state index in [1.807, 2.05) is 0 Å². The van der Waals surface area contributed by atoms with Crippen molar-refractivity contribution in [2.75, 3.05) is 6.54 Å². The molecule has 1 aliphatic rings. The van der Waals surface area contributed by atoms with Crippen LogP contribution in [0, 0.1) is 5.92 Å². The lowest BCUT2D eigenvalue weighted by molar-refractivity contribution is 0.240. The molecule has 2 unspecified atom stereocenters. The van der Waals surface area contributed by atoms with Gasteiger partial charge in [-0.25, -0.2) is 0 Å². The molecule has 4 nitrogen and oxygen atoms in total. The van der Waals surface area contributed by atoms with Crippen molar-refractivity contribution in [3.8, 4) is 0 Å². The highest BCUT2D eigenvalue weighted by molar-refractivity contribution is 4.91. The van der Waals surface area contributed by atoms with Crippen LogP contribution >= 0.6 is 0 Å². The van der Waals surface area contributed by atoms with Gasteiger partial charge in [0, 0.05) is 18.9 Å². The second-order valence-corrected chi connectivity index (χ2v) is 5.27.